The van der Waals surface area contributed by atoms with Crippen molar-refractivity contribution in [1.82, 2.24) is 9.97 Å². The molecule has 0 aromatic carbocycles. The van der Waals surface area contributed by atoms with Gasteiger partial charge in [0.2, 0.25) is 5.91 Å². The first-order valence-electron chi connectivity index (χ1n) is 4.80. The van der Waals surface area contributed by atoms with E-state index in [9.17, 15) is 4.79 Å². The zero-order valence-corrected chi connectivity index (χ0v) is 9.18. The highest BCUT2D eigenvalue weighted by Gasteiger charge is 2.32. The van der Waals surface area contributed by atoms with Crippen molar-refractivity contribution in [3.05, 3.63) is 11.5 Å². The largest absolute Gasteiger partial charge is 0.396 e. The molecule has 7 heteroatoms. The molecular weight excluding hydrogens is 232 g/mol. The van der Waals surface area contributed by atoms with E-state index >= 15 is 0 Å². The highest BCUT2D eigenvalue weighted by Crippen LogP contribution is 2.33. The Morgan fingerprint density at radius 1 is 1.62 bits per heavy atom. The van der Waals surface area contributed by atoms with Gasteiger partial charge in [-0.05, 0) is 0 Å². The quantitative estimate of drug-likeness (QED) is 0.716. The lowest BCUT2D eigenvalue weighted by molar-refractivity contribution is -0.117. The van der Waals surface area contributed by atoms with Crippen molar-refractivity contribution in [2.75, 3.05) is 23.8 Å². The third-order valence-corrected chi connectivity index (χ3v) is 2.82. The molecule has 86 valence electrons. The summed E-state index contributed by atoms with van der Waals surface area (Å²) in [7, 11) is 0. The average molecular weight is 243 g/mol. The van der Waals surface area contributed by atoms with Crippen molar-refractivity contribution in [3.8, 4) is 0 Å². The van der Waals surface area contributed by atoms with Crippen LogP contribution in [0.2, 0.25) is 5.15 Å². The Balaban J connectivity index is 2.35. The number of rotatable bonds is 2. The fraction of sp³-hybridized carbons (Fsp3) is 0.444. The number of halogens is 1. The van der Waals surface area contributed by atoms with Gasteiger partial charge in [-0.1, -0.05) is 11.6 Å². The molecule has 2 rings (SSSR count). The van der Waals surface area contributed by atoms with Crippen LogP contribution in [0.25, 0.3) is 0 Å². The lowest BCUT2D eigenvalue weighted by Gasteiger charge is -2.18. The second kappa shape index (κ2) is 4.23. The smallest absolute Gasteiger partial charge is 0.227 e. The maximum Gasteiger partial charge on any atom is 0.227 e. The van der Waals surface area contributed by atoms with Gasteiger partial charge >= 0.3 is 0 Å². The summed E-state index contributed by atoms with van der Waals surface area (Å²) < 4.78 is 0. The van der Waals surface area contributed by atoms with Crippen molar-refractivity contribution in [1.29, 1.82) is 0 Å². The van der Waals surface area contributed by atoms with Crippen LogP contribution in [0.1, 0.15) is 6.42 Å². The van der Waals surface area contributed by atoms with Crippen LogP contribution in [-0.2, 0) is 4.79 Å². The molecule has 1 unspecified atom stereocenters. The molecule has 1 aromatic heterocycles. The zero-order chi connectivity index (χ0) is 11.7. The normalized spacial score (nSPS) is 20.5. The Morgan fingerprint density at radius 2 is 2.38 bits per heavy atom. The third-order valence-electron chi connectivity index (χ3n) is 2.54. The van der Waals surface area contributed by atoms with E-state index in [4.69, 9.17) is 22.4 Å². The SMILES string of the molecule is Nc1ncnc(Cl)c1N1CC(CO)CC1=O. The summed E-state index contributed by atoms with van der Waals surface area (Å²) in [5.74, 6) is -0.0300. The van der Waals surface area contributed by atoms with Crippen molar-refractivity contribution in [2.24, 2.45) is 5.92 Å². The molecule has 2 heterocycles. The Morgan fingerprint density at radius 3 is 2.94 bits per heavy atom. The van der Waals surface area contributed by atoms with Gasteiger partial charge in [0.15, 0.2) is 11.0 Å². The molecule has 1 saturated heterocycles. The fourth-order valence-corrected chi connectivity index (χ4v) is 1.98. The van der Waals surface area contributed by atoms with Gasteiger partial charge in [-0.15, -0.1) is 0 Å². The number of amides is 1. The van der Waals surface area contributed by atoms with Crippen molar-refractivity contribution in [2.45, 2.75) is 6.42 Å². The highest BCUT2D eigenvalue weighted by atomic mass is 35.5. The van der Waals surface area contributed by atoms with E-state index < -0.39 is 0 Å². The molecular formula is C9H11ClN4O2. The summed E-state index contributed by atoms with van der Waals surface area (Å²) in [5, 5.41) is 9.16. The maximum absolute atomic E-state index is 11.7. The van der Waals surface area contributed by atoms with Crippen LogP contribution in [0.4, 0.5) is 11.5 Å². The summed E-state index contributed by atoms with van der Waals surface area (Å²) in [5.41, 5.74) is 6.00. The monoisotopic (exact) mass is 242 g/mol. The van der Waals surface area contributed by atoms with E-state index in [2.05, 4.69) is 9.97 Å². The minimum Gasteiger partial charge on any atom is -0.396 e. The lowest BCUT2D eigenvalue weighted by Crippen LogP contribution is -2.26. The van der Waals surface area contributed by atoms with Crippen LogP contribution < -0.4 is 10.6 Å². The minimum atomic E-state index is -0.123. The van der Waals surface area contributed by atoms with E-state index in [0.29, 0.717) is 18.7 Å². The number of hydrogen-bond acceptors (Lipinski definition) is 5. The maximum atomic E-state index is 11.7. The number of carbonyl (C=O) groups excluding carboxylic acids is 1. The van der Waals surface area contributed by atoms with Gasteiger partial charge in [-0.3, -0.25) is 4.79 Å². The van der Waals surface area contributed by atoms with E-state index in [1.807, 2.05) is 0 Å². The first kappa shape index (κ1) is 11.1. The van der Waals surface area contributed by atoms with Gasteiger partial charge in [0.1, 0.15) is 12.0 Å². The molecule has 1 amide bonds. The topological polar surface area (TPSA) is 92.3 Å². The van der Waals surface area contributed by atoms with Crippen molar-refractivity contribution < 1.29 is 9.90 Å². The predicted octanol–water partition coefficient (Wildman–Crippen LogP) is 0.0574. The van der Waals surface area contributed by atoms with Crippen LogP contribution in [0, 0.1) is 5.92 Å². The Kier molecular flexibility index (Phi) is 2.93. The standard InChI is InChI=1S/C9H11ClN4O2/c10-8-7(9(11)13-4-12-8)14-2-5(3-15)1-6(14)16/h4-5,15H,1-3H2,(H2,11,12,13). The van der Waals surface area contributed by atoms with E-state index in [0.717, 1.165) is 0 Å². The number of aliphatic hydroxyl groups is 1. The number of anilines is 2. The van der Waals surface area contributed by atoms with Gasteiger partial charge in [-0.25, -0.2) is 9.97 Å². The van der Waals surface area contributed by atoms with Crippen LogP contribution in [-0.4, -0.2) is 34.1 Å². The molecule has 1 fully saturated rings. The molecule has 6 nitrogen and oxygen atoms in total. The van der Waals surface area contributed by atoms with Gasteiger partial charge in [0.25, 0.3) is 0 Å². The van der Waals surface area contributed by atoms with E-state index in [1.165, 1.54) is 11.2 Å². The molecule has 16 heavy (non-hydrogen) atoms. The molecule has 0 radical (unpaired) electrons. The summed E-state index contributed by atoms with van der Waals surface area (Å²) >= 11 is 5.88. The van der Waals surface area contributed by atoms with Crippen LogP contribution in [0.3, 0.4) is 0 Å². The van der Waals surface area contributed by atoms with Crippen LogP contribution in [0.5, 0.6) is 0 Å². The average Bonchev–Trinajstić information content (AvgIpc) is 2.60. The van der Waals surface area contributed by atoms with Crippen LogP contribution >= 0.6 is 11.6 Å². The number of hydrogen-bond donors (Lipinski definition) is 2. The van der Waals surface area contributed by atoms with Crippen molar-refractivity contribution in [3.63, 3.8) is 0 Å². The van der Waals surface area contributed by atoms with Crippen LogP contribution in [0.15, 0.2) is 6.33 Å². The molecule has 1 aromatic rings. The van der Waals surface area contributed by atoms with E-state index in [1.54, 1.807) is 0 Å². The minimum absolute atomic E-state index is 0.0343. The Labute approximate surface area is 97.0 Å². The first-order chi connectivity index (χ1) is 7.63. The van der Waals surface area contributed by atoms with Gasteiger partial charge < -0.3 is 15.7 Å². The number of aromatic nitrogens is 2. The molecule has 3 N–H and O–H groups in total. The molecule has 0 bridgehead atoms. The second-order valence-electron chi connectivity index (χ2n) is 3.66. The first-order valence-corrected chi connectivity index (χ1v) is 5.18. The van der Waals surface area contributed by atoms with E-state index in [-0.39, 0.29) is 29.4 Å². The number of nitrogens with zero attached hydrogens (tertiary/aromatic N) is 3. The summed E-state index contributed by atoms with van der Waals surface area (Å²) in [4.78, 5) is 20.7. The Bertz CT molecular complexity index is 406. The molecule has 0 spiro atoms. The fourth-order valence-electron chi connectivity index (χ4n) is 1.74. The van der Waals surface area contributed by atoms with Gasteiger partial charge in [0, 0.05) is 25.5 Å². The predicted molar refractivity (Wildman–Crippen MR) is 59.0 cm³/mol. The second-order valence-corrected chi connectivity index (χ2v) is 4.01. The molecule has 1 atom stereocenters. The molecule has 0 saturated carbocycles. The Hall–Kier alpha value is -1.40. The summed E-state index contributed by atoms with van der Waals surface area (Å²) in [6.07, 6.45) is 1.53. The number of carbonyl (C=O) groups is 1. The molecule has 0 aliphatic carbocycles. The summed E-state index contributed by atoms with van der Waals surface area (Å²) in [6, 6.07) is 0. The molecule has 1 aliphatic rings. The number of nitrogens with two attached hydrogens (primary N) is 1. The third kappa shape index (κ3) is 1.81. The van der Waals surface area contributed by atoms with Crippen molar-refractivity contribution >= 4 is 29.0 Å². The van der Waals surface area contributed by atoms with Gasteiger partial charge in [0.05, 0.1) is 0 Å². The lowest BCUT2D eigenvalue weighted by atomic mass is 10.1. The number of aliphatic hydroxyl groups excluding tert-OH is 1. The number of nitrogen functional groups attached to an aromatic ring is 1. The molecule has 1 aliphatic heterocycles. The highest BCUT2D eigenvalue weighted by molar-refractivity contribution is 6.33. The van der Waals surface area contributed by atoms with Gasteiger partial charge in [-0.2, -0.15) is 0 Å². The summed E-state index contributed by atoms with van der Waals surface area (Å²) in [6.45, 7) is 0.361. The zero-order valence-electron chi connectivity index (χ0n) is 8.43.